The Morgan fingerprint density at radius 3 is 2.36 bits per heavy atom. The number of aromatic nitrogens is 1. The lowest BCUT2D eigenvalue weighted by Crippen LogP contribution is -2.27. The van der Waals surface area contributed by atoms with Gasteiger partial charge in [-0.2, -0.15) is 0 Å². The highest BCUT2D eigenvalue weighted by molar-refractivity contribution is 5.61. The standard InChI is InChI=1S/C41H44N2O/c1-8-14-30(5)40(28(2)3)35-25-29(4)18-23-36-37(33-21-19-32(20-22-33)31(6)44-7)27-43(39(36)26-35)41(34-15-10-9-11-16-34)38-17-12-13-24-42-38/h8-17,19-26,29,37,41H,1,6,18,27H2,2-5,7H3/b30-14-,35-25?,36-23?,39-26?. The Morgan fingerprint density at radius 1 is 1.00 bits per heavy atom. The van der Waals surface area contributed by atoms with E-state index in [9.17, 15) is 0 Å². The molecule has 3 unspecified atom stereocenters. The lowest BCUT2D eigenvalue weighted by molar-refractivity contribution is 0.318. The monoisotopic (exact) mass is 580 g/mol. The summed E-state index contributed by atoms with van der Waals surface area (Å²) in [5.41, 5.74) is 12.2. The van der Waals surface area contributed by atoms with Crippen molar-refractivity contribution in [2.24, 2.45) is 5.92 Å². The van der Waals surface area contributed by atoms with Gasteiger partial charge in [0.15, 0.2) is 0 Å². The number of methoxy groups -OCH3 is 1. The summed E-state index contributed by atoms with van der Waals surface area (Å²) in [6, 6.07) is 25.7. The molecule has 0 bridgehead atoms. The van der Waals surface area contributed by atoms with Crippen LogP contribution < -0.4 is 0 Å². The van der Waals surface area contributed by atoms with Crippen LogP contribution in [0.4, 0.5) is 0 Å². The number of likely N-dealkylation sites (tertiary alicyclic amines) is 1. The van der Waals surface area contributed by atoms with E-state index in [4.69, 9.17) is 9.72 Å². The maximum atomic E-state index is 5.41. The maximum Gasteiger partial charge on any atom is 0.118 e. The van der Waals surface area contributed by atoms with Crippen LogP contribution >= 0.6 is 0 Å². The number of rotatable bonds is 9. The molecule has 0 N–H and O–H groups in total. The minimum atomic E-state index is -0.0392. The van der Waals surface area contributed by atoms with Gasteiger partial charge in [-0.25, -0.2) is 0 Å². The molecule has 0 radical (unpaired) electrons. The third-order valence-corrected chi connectivity index (χ3v) is 8.65. The highest BCUT2D eigenvalue weighted by atomic mass is 16.5. The number of pyridine rings is 1. The second-order valence-electron chi connectivity index (χ2n) is 12.0. The summed E-state index contributed by atoms with van der Waals surface area (Å²) in [5, 5.41) is 0. The lowest BCUT2D eigenvalue weighted by atomic mass is 9.85. The van der Waals surface area contributed by atoms with E-state index in [1.54, 1.807) is 7.11 Å². The zero-order valence-corrected chi connectivity index (χ0v) is 26.8. The predicted octanol–water partition coefficient (Wildman–Crippen LogP) is 10.1. The molecule has 1 aliphatic carbocycles. The van der Waals surface area contributed by atoms with Gasteiger partial charge in [0, 0.05) is 29.9 Å². The first-order valence-electron chi connectivity index (χ1n) is 15.5. The fourth-order valence-corrected chi connectivity index (χ4v) is 6.59. The Morgan fingerprint density at radius 2 is 1.73 bits per heavy atom. The summed E-state index contributed by atoms with van der Waals surface area (Å²) in [5.74, 6) is 1.27. The van der Waals surface area contributed by atoms with Gasteiger partial charge in [-0.05, 0) is 84.7 Å². The zero-order chi connectivity index (χ0) is 31.2. The molecule has 0 spiro atoms. The molecular weight excluding hydrogens is 536 g/mol. The van der Waals surface area contributed by atoms with Crippen LogP contribution in [0.15, 0.2) is 156 Å². The van der Waals surface area contributed by atoms with Gasteiger partial charge in [-0.1, -0.05) is 111 Å². The Balaban J connectivity index is 1.73. The molecule has 1 saturated heterocycles. The summed E-state index contributed by atoms with van der Waals surface area (Å²) in [6.45, 7) is 17.8. The average molecular weight is 581 g/mol. The normalized spacial score (nSPS) is 19.0. The quantitative estimate of drug-likeness (QED) is 0.186. The van der Waals surface area contributed by atoms with Crippen LogP contribution in [0.3, 0.4) is 0 Å². The van der Waals surface area contributed by atoms with Crippen molar-refractivity contribution in [2.45, 2.75) is 46.1 Å². The molecule has 1 aliphatic heterocycles. The highest BCUT2D eigenvalue weighted by Crippen LogP contribution is 2.47. The van der Waals surface area contributed by atoms with Crippen molar-refractivity contribution in [3.63, 3.8) is 0 Å². The van der Waals surface area contributed by atoms with Gasteiger partial charge in [0.2, 0.25) is 0 Å². The van der Waals surface area contributed by atoms with Crippen molar-refractivity contribution in [2.75, 3.05) is 13.7 Å². The molecule has 1 fully saturated rings. The average Bonchev–Trinajstić information content (AvgIpc) is 3.36. The van der Waals surface area contributed by atoms with E-state index < -0.39 is 0 Å². The number of hydrogen-bond donors (Lipinski definition) is 0. The molecule has 5 rings (SSSR count). The number of fused-ring (bicyclic) bond motifs is 1. The Bertz CT molecular complexity index is 1610. The smallest absolute Gasteiger partial charge is 0.118 e. The molecule has 224 valence electrons. The van der Waals surface area contributed by atoms with Crippen LogP contribution in [0.5, 0.6) is 0 Å². The Kier molecular flexibility index (Phi) is 9.65. The van der Waals surface area contributed by atoms with Crippen LogP contribution in [0.25, 0.3) is 5.76 Å². The number of allylic oxidation sites excluding steroid dienone is 10. The van der Waals surface area contributed by atoms with Crippen molar-refractivity contribution >= 4 is 5.76 Å². The van der Waals surface area contributed by atoms with E-state index in [2.05, 4.69) is 137 Å². The van der Waals surface area contributed by atoms with Gasteiger partial charge in [-0.15, -0.1) is 0 Å². The first kappa shape index (κ1) is 30.8. The third-order valence-electron chi connectivity index (χ3n) is 8.65. The molecule has 3 nitrogen and oxygen atoms in total. The van der Waals surface area contributed by atoms with Gasteiger partial charge in [0.05, 0.1) is 18.8 Å². The molecule has 2 aromatic carbocycles. The molecule has 3 aromatic rings. The van der Waals surface area contributed by atoms with Crippen molar-refractivity contribution < 1.29 is 4.74 Å². The fraction of sp³-hybridized carbons (Fsp3) is 0.244. The van der Waals surface area contributed by atoms with Crippen molar-refractivity contribution in [1.29, 1.82) is 0 Å². The minimum absolute atomic E-state index is 0.0392. The van der Waals surface area contributed by atoms with Crippen LogP contribution in [-0.2, 0) is 4.74 Å². The summed E-state index contributed by atoms with van der Waals surface area (Å²) in [7, 11) is 1.67. The predicted molar refractivity (Wildman–Crippen MR) is 185 cm³/mol. The first-order valence-corrected chi connectivity index (χ1v) is 15.5. The largest absolute Gasteiger partial charge is 0.497 e. The van der Waals surface area contributed by atoms with Gasteiger partial charge >= 0.3 is 0 Å². The van der Waals surface area contributed by atoms with E-state index in [1.165, 1.54) is 44.7 Å². The van der Waals surface area contributed by atoms with Crippen molar-refractivity contribution in [1.82, 2.24) is 9.88 Å². The summed E-state index contributed by atoms with van der Waals surface area (Å²) < 4.78 is 5.41. The number of nitrogens with zero attached hydrogens (tertiary/aromatic N) is 2. The highest BCUT2D eigenvalue weighted by Gasteiger charge is 2.39. The maximum absolute atomic E-state index is 5.41. The molecule has 3 heteroatoms. The van der Waals surface area contributed by atoms with Gasteiger partial charge in [0.1, 0.15) is 5.76 Å². The topological polar surface area (TPSA) is 25.4 Å². The van der Waals surface area contributed by atoms with Crippen LogP contribution in [0.1, 0.15) is 68.5 Å². The van der Waals surface area contributed by atoms with E-state index in [1.807, 2.05) is 18.3 Å². The Hall–Kier alpha value is -4.63. The molecular formula is C41H44N2O. The molecule has 44 heavy (non-hydrogen) atoms. The second-order valence-corrected chi connectivity index (χ2v) is 12.0. The number of ether oxygens (including phenoxy) is 1. The first-order chi connectivity index (χ1) is 21.3. The van der Waals surface area contributed by atoms with Gasteiger partial charge in [-0.3, -0.25) is 4.98 Å². The fourth-order valence-electron chi connectivity index (χ4n) is 6.59. The minimum Gasteiger partial charge on any atom is -0.497 e. The summed E-state index contributed by atoms with van der Waals surface area (Å²) >= 11 is 0. The SMILES string of the molecule is C=C/C=C(/C)C(C1=CC(C)CC=C2C(=C1)N(C(c1ccccc1)c1ccccn1)CC2c1ccc(C(=C)OC)cc1)=C(C)C. The van der Waals surface area contributed by atoms with Crippen LogP contribution in [0.2, 0.25) is 0 Å². The number of benzene rings is 2. The van der Waals surface area contributed by atoms with Gasteiger partial charge < -0.3 is 9.64 Å². The molecule has 2 aliphatic rings. The van der Waals surface area contributed by atoms with E-state index in [-0.39, 0.29) is 12.0 Å². The van der Waals surface area contributed by atoms with Crippen LogP contribution in [0, 0.1) is 5.92 Å². The third kappa shape index (κ3) is 6.48. The zero-order valence-electron chi connectivity index (χ0n) is 26.8. The molecule has 0 amide bonds. The van der Waals surface area contributed by atoms with Crippen molar-refractivity contribution in [3.05, 3.63) is 178 Å². The lowest BCUT2D eigenvalue weighted by Gasteiger charge is -2.32. The van der Waals surface area contributed by atoms with Crippen molar-refractivity contribution in [3.8, 4) is 0 Å². The molecule has 2 heterocycles. The molecule has 0 saturated carbocycles. The Labute approximate surface area is 264 Å². The number of hydrogen-bond acceptors (Lipinski definition) is 3. The second kappa shape index (κ2) is 13.8. The molecule has 3 atom stereocenters. The van der Waals surface area contributed by atoms with E-state index in [0.717, 1.165) is 24.2 Å². The summed E-state index contributed by atoms with van der Waals surface area (Å²) in [6.07, 6.45) is 14.2. The van der Waals surface area contributed by atoms with E-state index in [0.29, 0.717) is 11.7 Å². The van der Waals surface area contributed by atoms with Gasteiger partial charge in [0.25, 0.3) is 0 Å². The summed E-state index contributed by atoms with van der Waals surface area (Å²) in [4.78, 5) is 7.49. The molecule has 1 aromatic heterocycles. The van der Waals surface area contributed by atoms with Crippen LogP contribution in [-0.4, -0.2) is 23.5 Å². The van der Waals surface area contributed by atoms with E-state index >= 15 is 0 Å².